The Labute approximate surface area is 150 Å². The number of hydrogen-bond acceptors (Lipinski definition) is 4. The molecule has 1 amide bonds. The first-order valence-electron chi connectivity index (χ1n) is 8.26. The van der Waals surface area contributed by atoms with Crippen LogP contribution in [0.5, 0.6) is 5.75 Å². The van der Waals surface area contributed by atoms with Crippen LogP contribution >= 0.6 is 0 Å². The third kappa shape index (κ3) is 3.88. The van der Waals surface area contributed by atoms with E-state index in [1.54, 1.807) is 19.1 Å². The highest BCUT2D eigenvalue weighted by molar-refractivity contribution is 5.93. The minimum atomic E-state index is -0.334. The quantitative estimate of drug-likeness (QED) is 0.739. The summed E-state index contributed by atoms with van der Waals surface area (Å²) in [6.07, 6.45) is 0. The molecule has 1 heterocycles. The largest absolute Gasteiger partial charge is 0.494 e. The molecule has 1 aromatic heterocycles. The summed E-state index contributed by atoms with van der Waals surface area (Å²) in [6, 6.07) is 13.4. The van der Waals surface area contributed by atoms with Crippen molar-refractivity contribution in [2.75, 3.05) is 6.61 Å². The maximum absolute atomic E-state index is 13.1. The molecule has 0 aliphatic carbocycles. The second kappa shape index (κ2) is 7.77. The number of amides is 1. The average Bonchev–Trinajstić information content (AvgIpc) is 3.03. The van der Waals surface area contributed by atoms with Gasteiger partial charge in [0.05, 0.1) is 18.0 Å². The lowest BCUT2D eigenvalue weighted by molar-refractivity contribution is 0.0945. The second-order valence-corrected chi connectivity index (χ2v) is 5.67. The molecule has 0 atom stereocenters. The van der Waals surface area contributed by atoms with E-state index in [9.17, 15) is 9.18 Å². The number of halogens is 1. The number of nitrogens with one attached hydrogen (secondary N) is 1. The van der Waals surface area contributed by atoms with E-state index in [0.29, 0.717) is 24.5 Å². The second-order valence-electron chi connectivity index (χ2n) is 5.67. The number of benzene rings is 2. The molecular weight excluding hydrogens is 335 g/mol. The summed E-state index contributed by atoms with van der Waals surface area (Å²) in [6.45, 7) is 4.60. The van der Waals surface area contributed by atoms with Gasteiger partial charge in [-0.2, -0.15) is 0 Å². The van der Waals surface area contributed by atoms with Crippen molar-refractivity contribution in [1.29, 1.82) is 0 Å². The normalized spacial score (nSPS) is 10.6. The number of nitrogens with zero attached hydrogens (tertiary/aromatic N) is 3. The summed E-state index contributed by atoms with van der Waals surface area (Å²) in [5, 5.41) is 10.8. The van der Waals surface area contributed by atoms with Gasteiger partial charge in [-0.05, 0) is 55.8 Å². The molecule has 0 saturated carbocycles. The summed E-state index contributed by atoms with van der Waals surface area (Å²) < 4.78 is 20.0. The highest BCUT2D eigenvalue weighted by atomic mass is 19.1. The van der Waals surface area contributed by atoms with Crippen LogP contribution in [0.3, 0.4) is 0 Å². The van der Waals surface area contributed by atoms with Gasteiger partial charge in [0.25, 0.3) is 5.91 Å². The molecule has 0 radical (unpaired) electrons. The lowest BCUT2D eigenvalue weighted by atomic mass is 10.2. The third-order valence-corrected chi connectivity index (χ3v) is 3.84. The van der Waals surface area contributed by atoms with Crippen molar-refractivity contribution in [3.8, 4) is 11.4 Å². The number of aromatic nitrogens is 3. The van der Waals surface area contributed by atoms with Crippen molar-refractivity contribution in [2.45, 2.75) is 20.4 Å². The Morgan fingerprint density at radius 3 is 2.73 bits per heavy atom. The van der Waals surface area contributed by atoms with E-state index < -0.39 is 0 Å². The highest BCUT2D eigenvalue weighted by Crippen LogP contribution is 2.15. The Hall–Kier alpha value is -3.22. The van der Waals surface area contributed by atoms with Crippen LogP contribution in [0.25, 0.3) is 5.69 Å². The first-order chi connectivity index (χ1) is 12.6. The van der Waals surface area contributed by atoms with Gasteiger partial charge >= 0.3 is 0 Å². The Bertz CT molecular complexity index is 906. The molecule has 3 aromatic rings. The molecular formula is C19H19FN4O2. The zero-order valence-electron chi connectivity index (χ0n) is 14.6. The van der Waals surface area contributed by atoms with Crippen LogP contribution in [0.2, 0.25) is 0 Å². The first-order valence-corrected chi connectivity index (χ1v) is 8.26. The van der Waals surface area contributed by atoms with Crippen LogP contribution < -0.4 is 10.1 Å². The first kappa shape index (κ1) is 17.6. The van der Waals surface area contributed by atoms with Gasteiger partial charge in [0.2, 0.25) is 0 Å². The number of ether oxygens (including phenoxy) is 1. The molecule has 134 valence electrons. The molecule has 0 aliphatic rings. The van der Waals surface area contributed by atoms with Crippen molar-refractivity contribution in [3.63, 3.8) is 0 Å². The molecule has 0 bridgehead atoms. The van der Waals surface area contributed by atoms with Gasteiger partial charge < -0.3 is 10.1 Å². The maximum Gasteiger partial charge on any atom is 0.274 e. The van der Waals surface area contributed by atoms with Crippen LogP contribution in [0.4, 0.5) is 4.39 Å². The summed E-state index contributed by atoms with van der Waals surface area (Å²) in [5.74, 6) is 0.106. The van der Waals surface area contributed by atoms with E-state index in [4.69, 9.17) is 4.74 Å². The van der Waals surface area contributed by atoms with Gasteiger partial charge in [0, 0.05) is 6.54 Å². The Balaban J connectivity index is 1.71. The van der Waals surface area contributed by atoms with E-state index in [2.05, 4.69) is 15.6 Å². The molecule has 7 heteroatoms. The van der Waals surface area contributed by atoms with Crippen LogP contribution in [0.15, 0.2) is 48.5 Å². The van der Waals surface area contributed by atoms with Crippen molar-refractivity contribution in [1.82, 2.24) is 20.3 Å². The fraction of sp³-hybridized carbons (Fsp3) is 0.211. The summed E-state index contributed by atoms with van der Waals surface area (Å²) in [7, 11) is 0. The number of carbonyl (C=O) groups excluding carboxylic acids is 1. The molecule has 2 aromatic carbocycles. The molecule has 1 N–H and O–H groups in total. The van der Waals surface area contributed by atoms with Gasteiger partial charge in [-0.25, -0.2) is 9.07 Å². The zero-order chi connectivity index (χ0) is 18.5. The van der Waals surface area contributed by atoms with Crippen molar-refractivity contribution in [3.05, 3.63) is 71.3 Å². The van der Waals surface area contributed by atoms with Gasteiger partial charge in [-0.15, -0.1) is 5.10 Å². The molecule has 26 heavy (non-hydrogen) atoms. The number of hydrogen-bond donors (Lipinski definition) is 1. The predicted molar refractivity (Wildman–Crippen MR) is 94.8 cm³/mol. The summed E-state index contributed by atoms with van der Waals surface area (Å²) in [5.41, 5.74) is 2.38. The van der Waals surface area contributed by atoms with Crippen LogP contribution in [0, 0.1) is 12.7 Å². The molecule has 3 rings (SSSR count). The zero-order valence-corrected chi connectivity index (χ0v) is 14.6. The number of carbonyl (C=O) groups is 1. The molecule has 0 saturated heterocycles. The monoisotopic (exact) mass is 354 g/mol. The van der Waals surface area contributed by atoms with E-state index in [-0.39, 0.29) is 17.4 Å². The van der Waals surface area contributed by atoms with E-state index in [1.807, 2.05) is 31.2 Å². The molecule has 0 unspecified atom stereocenters. The van der Waals surface area contributed by atoms with Crippen molar-refractivity contribution in [2.24, 2.45) is 0 Å². The van der Waals surface area contributed by atoms with E-state index >= 15 is 0 Å². The van der Waals surface area contributed by atoms with Gasteiger partial charge in [0.1, 0.15) is 11.6 Å². The van der Waals surface area contributed by atoms with Crippen LogP contribution in [0.1, 0.15) is 28.7 Å². The Kier molecular flexibility index (Phi) is 5.26. The summed E-state index contributed by atoms with van der Waals surface area (Å²) in [4.78, 5) is 12.4. The van der Waals surface area contributed by atoms with Crippen molar-refractivity contribution >= 4 is 5.91 Å². The fourth-order valence-electron chi connectivity index (χ4n) is 2.54. The lowest BCUT2D eigenvalue weighted by Gasteiger charge is -2.07. The average molecular weight is 354 g/mol. The standard InChI is InChI=1S/C19H19FN4O2/c1-3-26-17-6-4-5-14(11-17)12-21-19(25)18-13(2)24(23-22-18)16-9-7-15(20)8-10-16/h4-11H,3,12H2,1-2H3,(H,21,25). The van der Waals surface area contributed by atoms with Gasteiger partial charge in [-0.1, -0.05) is 17.3 Å². The summed E-state index contributed by atoms with van der Waals surface area (Å²) >= 11 is 0. The molecule has 6 nitrogen and oxygen atoms in total. The predicted octanol–water partition coefficient (Wildman–Crippen LogP) is 3.04. The van der Waals surface area contributed by atoms with Gasteiger partial charge in [-0.3, -0.25) is 4.79 Å². The molecule has 0 aliphatic heterocycles. The third-order valence-electron chi connectivity index (χ3n) is 3.84. The van der Waals surface area contributed by atoms with E-state index in [1.165, 1.54) is 16.8 Å². The SMILES string of the molecule is CCOc1cccc(CNC(=O)c2nnn(-c3ccc(F)cc3)c2C)c1. The smallest absolute Gasteiger partial charge is 0.274 e. The lowest BCUT2D eigenvalue weighted by Crippen LogP contribution is -2.24. The van der Waals surface area contributed by atoms with Gasteiger partial charge in [0.15, 0.2) is 5.69 Å². The van der Waals surface area contributed by atoms with Crippen molar-refractivity contribution < 1.29 is 13.9 Å². The number of rotatable bonds is 6. The minimum Gasteiger partial charge on any atom is -0.494 e. The van der Waals surface area contributed by atoms with Crippen LogP contribution in [-0.2, 0) is 6.54 Å². The molecule has 0 spiro atoms. The fourth-order valence-corrected chi connectivity index (χ4v) is 2.54. The van der Waals surface area contributed by atoms with E-state index in [0.717, 1.165) is 11.3 Å². The Morgan fingerprint density at radius 2 is 2.00 bits per heavy atom. The Morgan fingerprint density at radius 1 is 1.23 bits per heavy atom. The molecule has 0 fully saturated rings. The van der Waals surface area contributed by atoms with Crippen LogP contribution in [-0.4, -0.2) is 27.5 Å². The topological polar surface area (TPSA) is 69.0 Å². The highest BCUT2D eigenvalue weighted by Gasteiger charge is 2.17. The maximum atomic E-state index is 13.1. The minimum absolute atomic E-state index is 0.232.